The van der Waals surface area contributed by atoms with E-state index >= 15 is 0 Å². The Morgan fingerprint density at radius 1 is 0.934 bits per heavy atom. The number of hydrogen-bond donors (Lipinski definition) is 3. The van der Waals surface area contributed by atoms with Gasteiger partial charge < -0.3 is 34.5 Å². The van der Waals surface area contributed by atoms with Crippen molar-refractivity contribution in [2.24, 2.45) is 16.7 Å². The molecule has 4 aliphatic heterocycles. The molecule has 6 heterocycles. The van der Waals surface area contributed by atoms with E-state index in [-0.39, 0.29) is 55.1 Å². The third kappa shape index (κ3) is 12.0. The number of nitrogens with zero attached hydrogens (tertiary/aromatic N) is 6. The Morgan fingerprint density at radius 2 is 1.67 bits per heavy atom. The monoisotopic (exact) mass is 1080 g/mol. The zero-order valence-corrected chi connectivity index (χ0v) is 45.3. The first-order valence-corrected chi connectivity index (χ1v) is 28.3. The predicted octanol–water partition coefficient (Wildman–Crippen LogP) is 10.5. The molecule has 16 nitrogen and oxygen atoms in total. The molecule has 2 aromatic heterocycles. The maximum absolute atomic E-state index is 14.8. The van der Waals surface area contributed by atoms with Gasteiger partial charge in [-0.25, -0.2) is 21.9 Å². The molecule has 5 aromatic rings. The van der Waals surface area contributed by atoms with Crippen LogP contribution in [0.15, 0.2) is 89.5 Å². The van der Waals surface area contributed by atoms with E-state index in [0.29, 0.717) is 67.3 Å². The molecular weight excluding hydrogens is 1020 g/mol. The molecule has 5 aliphatic rings. The van der Waals surface area contributed by atoms with Gasteiger partial charge in [-0.2, -0.15) is 4.98 Å². The van der Waals surface area contributed by atoms with Gasteiger partial charge in [-0.1, -0.05) is 57.0 Å². The number of nitro groups is 1. The van der Waals surface area contributed by atoms with Crippen LogP contribution in [-0.4, -0.2) is 130 Å². The van der Waals surface area contributed by atoms with Gasteiger partial charge >= 0.3 is 0 Å². The number of nitro benzene ring substituents is 1. The number of aromatic amines is 1. The Bertz CT molecular complexity index is 3110. The van der Waals surface area contributed by atoms with Gasteiger partial charge in [0.25, 0.3) is 27.5 Å². The lowest BCUT2D eigenvalue weighted by Gasteiger charge is -2.45. The van der Waals surface area contributed by atoms with Crippen molar-refractivity contribution in [3.63, 3.8) is 0 Å². The number of ether oxygens (including phenoxy) is 2. The SMILES string of the molecule is CC1(C)CCC(CN2CCN(c3ccc(C(=O)NS(=O)(=O)c4ccc(NCC5CCOCC5)c([N+](=O)[O-])c4)c(N4CC(C(C)(C)CN5CCC(F)(F)CC5)Oc5nc6[nH]ccc6cc54)c3)CC2)=C(c2ccc(Cl)cc2)C1. The summed E-state index contributed by atoms with van der Waals surface area (Å²) in [6.07, 6.45) is 5.43. The van der Waals surface area contributed by atoms with Gasteiger partial charge in [0.1, 0.15) is 23.1 Å². The van der Waals surface area contributed by atoms with E-state index in [1.165, 1.54) is 28.8 Å². The van der Waals surface area contributed by atoms with Gasteiger partial charge in [0, 0.05) is 119 Å². The molecular formula is C56H68ClF2N9O7S. The molecule has 3 saturated heterocycles. The molecule has 1 amide bonds. The first kappa shape index (κ1) is 53.5. The summed E-state index contributed by atoms with van der Waals surface area (Å²) in [5, 5.41) is 17.0. The number of carbonyl (C=O) groups excluding carboxylic acids is 1. The number of fused-ring (bicyclic) bond motifs is 2. The maximum Gasteiger partial charge on any atom is 0.293 e. The summed E-state index contributed by atoms with van der Waals surface area (Å²) < 4.78 is 71.6. The van der Waals surface area contributed by atoms with Crippen LogP contribution in [0.2, 0.25) is 5.02 Å². The van der Waals surface area contributed by atoms with Crippen LogP contribution in [0.25, 0.3) is 16.6 Å². The van der Waals surface area contributed by atoms with Gasteiger partial charge in [-0.15, -0.1) is 0 Å². The largest absolute Gasteiger partial charge is 0.470 e. The van der Waals surface area contributed by atoms with Crippen molar-refractivity contribution in [2.45, 2.75) is 89.6 Å². The van der Waals surface area contributed by atoms with Crippen molar-refractivity contribution < 1.29 is 36.4 Å². The number of allylic oxidation sites excluding steroid dienone is 1. The Morgan fingerprint density at radius 3 is 2.39 bits per heavy atom. The molecule has 406 valence electrons. The molecule has 0 saturated carbocycles. The standard InChI is InChI=1S/C56H68ClF2N9O7S/c1-54(2)17-13-40(45(32-54)38-5-7-41(57)8-6-38)34-64-23-25-66(26-24-64)42-9-11-44(52(69)63-76(72,73)43-10-12-46(48(31-43)68(70)71)61-33-37-15-27-74-28-16-37)47(30-42)67-35-50(55(3,4)36-65-21-18-56(58,59)19-22-65)75-53-49(67)29-39-14-20-60-51(39)62-53/h5-12,14,20,29-31,37,50,61H,13,15-19,21-28,32-36H2,1-4H3,(H,60,62)(H,63,69). The number of sulfonamides is 1. The summed E-state index contributed by atoms with van der Waals surface area (Å²) in [5.41, 5.74) is 5.72. The van der Waals surface area contributed by atoms with Crippen molar-refractivity contribution in [3.8, 4) is 5.88 Å². The van der Waals surface area contributed by atoms with E-state index in [2.05, 4.69) is 50.8 Å². The highest BCUT2D eigenvalue weighted by atomic mass is 35.5. The lowest BCUT2D eigenvalue weighted by atomic mass is 9.72. The number of benzene rings is 3. The van der Waals surface area contributed by atoms with Crippen molar-refractivity contribution in [3.05, 3.63) is 111 Å². The molecule has 3 fully saturated rings. The average molecular weight is 1080 g/mol. The lowest BCUT2D eigenvalue weighted by Crippen LogP contribution is -2.53. The number of rotatable bonds is 15. The van der Waals surface area contributed by atoms with E-state index in [1.807, 2.05) is 60.0 Å². The molecule has 10 rings (SSSR count). The van der Waals surface area contributed by atoms with Gasteiger partial charge in [0.2, 0.25) is 5.88 Å². The summed E-state index contributed by atoms with van der Waals surface area (Å²) in [5.74, 6) is -3.12. The summed E-state index contributed by atoms with van der Waals surface area (Å²) in [4.78, 5) is 42.9. The van der Waals surface area contributed by atoms with Crippen molar-refractivity contribution >= 4 is 72.6 Å². The molecule has 76 heavy (non-hydrogen) atoms. The summed E-state index contributed by atoms with van der Waals surface area (Å²) >= 11 is 6.31. The number of anilines is 4. The highest BCUT2D eigenvalue weighted by Crippen LogP contribution is 2.46. The van der Waals surface area contributed by atoms with Crippen LogP contribution in [-0.2, 0) is 14.8 Å². The van der Waals surface area contributed by atoms with Crippen molar-refractivity contribution in [1.29, 1.82) is 0 Å². The van der Waals surface area contributed by atoms with Gasteiger partial charge in [0.05, 0.1) is 27.6 Å². The van der Waals surface area contributed by atoms with Gasteiger partial charge in [-0.05, 0) is 109 Å². The zero-order valence-electron chi connectivity index (χ0n) is 43.7. The molecule has 3 N–H and O–H groups in total. The van der Waals surface area contributed by atoms with Crippen LogP contribution >= 0.6 is 11.6 Å². The molecule has 1 unspecified atom stereocenters. The van der Waals surface area contributed by atoms with Crippen LogP contribution < -0.4 is 24.6 Å². The zero-order chi connectivity index (χ0) is 53.6. The fraction of sp³-hybridized carbons (Fsp3) is 0.500. The minimum Gasteiger partial charge on any atom is -0.470 e. The number of nitrogens with one attached hydrogen (secondary N) is 3. The molecule has 0 spiro atoms. The number of carbonyl (C=O) groups is 1. The van der Waals surface area contributed by atoms with Crippen LogP contribution in [0.1, 0.15) is 88.6 Å². The fourth-order valence-corrected chi connectivity index (χ4v) is 12.6. The number of hydrogen-bond acceptors (Lipinski definition) is 13. The van der Waals surface area contributed by atoms with E-state index in [0.717, 1.165) is 68.9 Å². The van der Waals surface area contributed by atoms with Gasteiger partial charge in [0.15, 0.2) is 0 Å². The molecule has 20 heteroatoms. The Kier molecular flexibility index (Phi) is 15.2. The molecule has 1 aliphatic carbocycles. The first-order chi connectivity index (χ1) is 36.2. The number of piperazine rings is 1. The first-order valence-electron chi connectivity index (χ1n) is 26.5. The Balaban J connectivity index is 0.968. The fourth-order valence-electron chi connectivity index (χ4n) is 11.5. The Labute approximate surface area is 448 Å². The minimum absolute atomic E-state index is 0.0360. The van der Waals surface area contributed by atoms with E-state index in [1.54, 1.807) is 12.3 Å². The second kappa shape index (κ2) is 21.5. The number of amides is 1. The van der Waals surface area contributed by atoms with E-state index in [4.69, 9.17) is 26.1 Å². The summed E-state index contributed by atoms with van der Waals surface area (Å²) in [7, 11) is -4.68. The van der Waals surface area contributed by atoms with Crippen LogP contribution in [0.3, 0.4) is 0 Å². The molecule has 0 radical (unpaired) electrons. The van der Waals surface area contributed by atoms with Crippen LogP contribution in [0, 0.1) is 26.9 Å². The molecule has 1 atom stereocenters. The van der Waals surface area contributed by atoms with Crippen molar-refractivity contribution in [1.82, 2.24) is 24.5 Å². The van der Waals surface area contributed by atoms with E-state index < -0.39 is 48.9 Å². The minimum atomic E-state index is -4.68. The number of alkyl halides is 2. The van der Waals surface area contributed by atoms with E-state index in [9.17, 15) is 32.1 Å². The average Bonchev–Trinajstić information content (AvgIpc) is 3.88. The second-order valence-electron chi connectivity index (χ2n) is 22.8. The van der Waals surface area contributed by atoms with Crippen LogP contribution in [0.4, 0.5) is 37.2 Å². The highest BCUT2D eigenvalue weighted by Gasteiger charge is 2.43. The lowest BCUT2D eigenvalue weighted by molar-refractivity contribution is -0.384. The topological polar surface area (TPSA) is 179 Å². The normalized spacial score (nSPS) is 20.8. The molecule has 3 aromatic carbocycles. The summed E-state index contributed by atoms with van der Waals surface area (Å²) in [6.45, 7) is 15.3. The third-order valence-electron chi connectivity index (χ3n) is 16.1. The third-order valence-corrected chi connectivity index (χ3v) is 17.7. The smallest absolute Gasteiger partial charge is 0.293 e. The van der Waals surface area contributed by atoms with Crippen LogP contribution in [0.5, 0.6) is 5.88 Å². The molecule has 0 bridgehead atoms. The summed E-state index contributed by atoms with van der Waals surface area (Å²) in [6, 6.07) is 20.9. The van der Waals surface area contributed by atoms with Gasteiger partial charge in [-0.3, -0.25) is 19.8 Å². The predicted molar refractivity (Wildman–Crippen MR) is 293 cm³/mol. The maximum atomic E-state index is 14.8. The number of aromatic nitrogens is 2. The highest BCUT2D eigenvalue weighted by molar-refractivity contribution is 7.90. The number of halogens is 3. The number of piperidine rings is 1. The quantitative estimate of drug-likeness (QED) is 0.0667. The number of likely N-dealkylation sites (tertiary alicyclic amines) is 1. The number of H-pyrrole nitrogens is 1. The Hall–Kier alpha value is -5.86. The number of pyridine rings is 1. The second-order valence-corrected chi connectivity index (χ2v) is 24.9. The van der Waals surface area contributed by atoms with Crippen molar-refractivity contribution in [2.75, 3.05) is 93.8 Å².